The highest BCUT2D eigenvalue weighted by atomic mass is 32.2. The van der Waals surface area contributed by atoms with Crippen LogP contribution in [0, 0.1) is 0 Å². The van der Waals surface area contributed by atoms with Crippen molar-refractivity contribution >= 4 is 40.0 Å². The number of thioether (sulfide) groups is 1. The third-order valence-corrected chi connectivity index (χ3v) is 6.16. The van der Waals surface area contributed by atoms with Crippen LogP contribution in [0.3, 0.4) is 0 Å². The summed E-state index contributed by atoms with van der Waals surface area (Å²) < 4.78 is 1.66. The second-order valence-electron chi connectivity index (χ2n) is 7.28. The molecule has 0 N–H and O–H groups in total. The van der Waals surface area contributed by atoms with Crippen molar-refractivity contribution in [3.63, 3.8) is 0 Å². The van der Waals surface area contributed by atoms with Crippen molar-refractivity contribution in [2.75, 3.05) is 17.2 Å². The van der Waals surface area contributed by atoms with Gasteiger partial charge in [-0.15, -0.1) is 0 Å². The van der Waals surface area contributed by atoms with E-state index < -0.39 is 0 Å². The van der Waals surface area contributed by atoms with Crippen LogP contribution in [0.1, 0.15) is 36.5 Å². The smallest absolute Gasteiger partial charge is 0.262 e. The molecule has 1 aromatic heterocycles. The molecule has 6 nitrogen and oxygen atoms in total. The second kappa shape index (κ2) is 8.83. The number of hydrogen-bond acceptors (Lipinski definition) is 5. The lowest BCUT2D eigenvalue weighted by Crippen LogP contribution is -2.24. The Kier molecular flexibility index (Phi) is 5.99. The average Bonchev–Trinajstić information content (AvgIpc) is 3.20. The van der Waals surface area contributed by atoms with Crippen molar-refractivity contribution in [1.29, 1.82) is 0 Å². The summed E-state index contributed by atoms with van der Waals surface area (Å²) in [6.07, 6.45) is 2.25. The van der Waals surface area contributed by atoms with Crippen LogP contribution in [0.2, 0.25) is 0 Å². The summed E-state index contributed by atoms with van der Waals surface area (Å²) in [6.45, 7) is 3.30. The number of nitrogens with zero attached hydrogens (tertiary/aromatic N) is 3. The molecule has 1 fully saturated rings. The molecule has 0 saturated carbocycles. The van der Waals surface area contributed by atoms with Crippen molar-refractivity contribution in [3.8, 4) is 0 Å². The molecule has 0 unspecified atom stereocenters. The SMILES string of the molecule is CCCn1c(SCC(=O)c2ccc(N3CCCC3=O)cc2)nc2ccccc2c1=O. The van der Waals surface area contributed by atoms with Crippen molar-refractivity contribution < 1.29 is 9.59 Å². The number of carbonyl (C=O) groups excluding carboxylic acids is 2. The molecule has 1 aliphatic heterocycles. The first-order valence-corrected chi connectivity index (χ1v) is 11.1. The summed E-state index contributed by atoms with van der Waals surface area (Å²) in [6, 6.07) is 14.4. The van der Waals surface area contributed by atoms with E-state index in [0.717, 1.165) is 25.1 Å². The summed E-state index contributed by atoms with van der Waals surface area (Å²) in [7, 11) is 0. The zero-order chi connectivity index (χ0) is 21.1. The number of anilines is 1. The van der Waals surface area contributed by atoms with Gasteiger partial charge >= 0.3 is 0 Å². The van der Waals surface area contributed by atoms with Gasteiger partial charge in [0.2, 0.25) is 5.91 Å². The van der Waals surface area contributed by atoms with E-state index in [0.29, 0.717) is 34.6 Å². The molecular formula is C23H23N3O3S. The lowest BCUT2D eigenvalue weighted by Gasteiger charge is -2.15. The first-order valence-electron chi connectivity index (χ1n) is 10.1. The Morgan fingerprint density at radius 1 is 1.10 bits per heavy atom. The standard InChI is InChI=1S/C23H23N3O3S/c1-2-13-26-22(29)18-6-3-4-7-19(18)24-23(26)30-15-20(27)16-9-11-17(12-10-16)25-14-5-8-21(25)28/h3-4,6-7,9-12H,2,5,8,13-15H2,1H3. The Bertz CT molecular complexity index is 1150. The Balaban J connectivity index is 1.52. The monoisotopic (exact) mass is 421 g/mol. The van der Waals surface area contributed by atoms with Crippen LogP contribution in [0.5, 0.6) is 0 Å². The maximum atomic E-state index is 12.8. The van der Waals surface area contributed by atoms with E-state index in [1.165, 1.54) is 11.8 Å². The molecule has 154 valence electrons. The molecule has 3 aromatic rings. The maximum Gasteiger partial charge on any atom is 0.262 e. The van der Waals surface area contributed by atoms with Gasteiger partial charge in [-0.25, -0.2) is 4.98 Å². The van der Waals surface area contributed by atoms with Crippen LogP contribution in [-0.4, -0.2) is 33.5 Å². The number of carbonyl (C=O) groups is 2. The predicted molar refractivity (Wildman–Crippen MR) is 119 cm³/mol. The molecule has 0 bridgehead atoms. The van der Waals surface area contributed by atoms with Crippen LogP contribution in [-0.2, 0) is 11.3 Å². The summed E-state index contributed by atoms with van der Waals surface area (Å²) >= 11 is 1.29. The Hall–Kier alpha value is -2.93. The normalized spacial score (nSPS) is 13.9. The van der Waals surface area contributed by atoms with Gasteiger partial charge in [-0.2, -0.15) is 0 Å². The van der Waals surface area contributed by atoms with E-state index in [1.807, 2.05) is 37.3 Å². The van der Waals surface area contributed by atoms with Crippen LogP contribution in [0.25, 0.3) is 10.9 Å². The van der Waals surface area contributed by atoms with Gasteiger partial charge in [-0.05, 0) is 49.2 Å². The number of amides is 1. The zero-order valence-corrected chi connectivity index (χ0v) is 17.7. The second-order valence-corrected chi connectivity index (χ2v) is 8.22. The van der Waals surface area contributed by atoms with E-state index >= 15 is 0 Å². The van der Waals surface area contributed by atoms with Gasteiger partial charge in [-0.3, -0.25) is 19.0 Å². The highest BCUT2D eigenvalue weighted by molar-refractivity contribution is 7.99. The van der Waals surface area contributed by atoms with Crippen LogP contribution < -0.4 is 10.5 Å². The van der Waals surface area contributed by atoms with Gasteiger partial charge < -0.3 is 4.90 Å². The first-order chi connectivity index (χ1) is 14.6. The van der Waals surface area contributed by atoms with Gasteiger partial charge in [0.25, 0.3) is 5.56 Å². The number of Topliss-reactive ketones (excluding diaryl/α,β-unsaturated/α-hetero) is 1. The number of aromatic nitrogens is 2. The summed E-state index contributed by atoms with van der Waals surface area (Å²) in [5.41, 5.74) is 1.99. The lowest BCUT2D eigenvalue weighted by molar-refractivity contribution is -0.117. The number of hydrogen-bond donors (Lipinski definition) is 0. The molecule has 4 rings (SSSR count). The molecule has 0 radical (unpaired) electrons. The van der Waals surface area contributed by atoms with Crippen molar-refractivity contribution in [3.05, 3.63) is 64.4 Å². The van der Waals surface area contributed by atoms with E-state index in [-0.39, 0.29) is 23.0 Å². The minimum absolute atomic E-state index is 0.0373. The largest absolute Gasteiger partial charge is 0.312 e. The van der Waals surface area contributed by atoms with E-state index in [1.54, 1.807) is 27.7 Å². The Labute approximate surface area is 178 Å². The van der Waals surface area contributed by atoms with Gasteiger partial charge in [0.15, 0.2) is 10.9 Å². The van der Waals surface area contributed by atoms with E-state index in [9.17, 15) is 14.4 Å². The third-order valence-electron chi connectivity index (χ3n) is 5.18. The summed E-state index contributed by atoms with van der Waals surface area (Å²) in [5, 5.41) is 1.15. The molecule has 0 spiro atoms. The fourth-order valence-electron chi connectivity index (χ4n) is 3.64. The number of ketones is 1. The molecule has 1 saturated heterocycles. The van der Waals surface area contributed by atoms with Gasteiger partial charge in [0, 0.05) is 30.8 Å². The fraction of sp³-hybridized carbons (Fsp3) is 0.304. The highest BCUT2D eigenvalue weighted by Crippen LogP contribution is 2.23. The Morgan fingerprint density at radius 3 is 2.57 bits per heavy atom. The lowest BCUT2D eigenvalue weighted by atomic mass is 10.1. The number of benzene rings is 2. The fourth-order valence-corrected chi connectivity index (χ4v) is 4.56. The zero-order valence-electron chi connectivity index (χ0n) is 16.8. The molecule has 0 atom stereocenters. The number of fused-ring (bicyclic) bond motifs is 1. The molecule has 30 heavy (non-hydrogen) atoms. The molecule has 7 heteroatoms. The van der Waals surface area contributed by atoms with Crippen molar-refractivity contribution in [1.82, 2.24) is 9.55 Å². The number of para-hydroxylation sites is 1. The molecule has 0 aliphatic carbocycles. The number of rotatable bonds is 7. The summed E-state index contributed by atoms with van der Waals surface area (Å²) in [4.78, 5) is 43.8. The topological polar surface area (TPSA) is 72.3 Å². The Morgan fingerprint density at radius 2 is 1.87 bits per heavy atom. The van der Waals surface area contributed by atoms with Crippen LogP contribution >= 0.6 is 11.8 Å². The molecule has 2 aromatic carbocycles. The van der Waals surface area contributed by atoms with Gasteiger partial charge in [-0.1, -0.05) is 30.8 Å². The first kappa shape index (κ1) is 20.3. The predicted octanol–water partition coefficient (Wildman–Crippen LogP) is 3.91. The minimum Gasteiger partial charge on any atom is -0.312 e. The maximum absolute atomic E-state index is 12.8. The average molecular weight is 422 g/mol. The van der Waals surface area contributed by atoms with Gasteiger partial charge in [0.05, 0.1) is 16.7 Å². The van der Waals surface area contributed by atoms with Crippen molar-refractivity contribution in [2.45, 2.75) is 37.9 Å². The molecular weight excluding hydrogens is 398 g/mol. The van der Waals surface area contributed by atoms with Gasteiger partial charge in [0.1, 0.15) is 0 Å². The van der Waals surface area contributed by atoms with Crippen molar-refractivity contribution in [2.24, 2.45) is 0 Å². The van der Waals surface area contributed by atoms with Crippen LogP contribution in [0.15, 0.2) is 58.5 Å². The summed E-state index contributed by atoms with van der Waals surface area (Å²) in [5.74, 6) is 0.280. The van der Waals surface area contributed by atoms with E-state index in [2.05, 4.69) is 4.98 Å². The quantitative estimate of drug-likeness (QED) is 0.329. The van der Waals surface area contributed by atoms with E-state index in [4.69, 9.17) is 0 Å². The molecule has 1 amide bonds. The third kappa shape index (κ3) is 4.03. The highest BCUT2D eigenvalue weighted by Gasteiger charge is 2.22. The molecule has 1 aliphatic rings. The minimum atomic E-state index is -0.0722. The van der Waals surface area contributed by atoms with Crippen LogP contribution in [0.4, 0.5) is 5.69 Å². The molecule has 2 heterocycles.